The van der Waals surface area contributed by atoms with Gasteiger partial charge in [-0.05, 0) is 62.6 Å². The van der Waals surface area contributed by atoms with Crippen molar-refractivity contribution in [2.24, 2.45) is 5.92 Å². The maximum Gasteiger partial charge on any atom is 0.227 e. The monoisotopic (exact) mass is 390 g/mol. The highest BCUT2D eigenvalue weighted by Gasteiger charge is 2.23. The van der Waals surface area contributed by atoms with Gasteiger partial charge in [0.25, 0.3) is 0 Å². The Morgan fingerprint density at radius 2 is 1.93 bits per heavy atom. The van der Waals surface area contributed by atoms with E-state index in [1.54, 1.807) is 13.3 Å². The summed E-state index contributed by atoms with van der Waals surface area (Å²) in [5.41, 5.74) is 9.36. The van der Waals surface area contributed by atoms with E-state index < -0.39 is 0 Å². The van der Waals surface area contributed by atoms with E-state index in [0.29, 0.717) is 11.4 Å². The number of carbonyl (C=O) groups is 1. The Morgan fingerprint density at radius 1 is 1.17 bits per heavy atom. The van der Waals surface area contributed by atoms with Crippen LogP contribution in [0.2, 0.25) is 0 Å². The molecule has 0 bridgehead atoms. The van der Waals surface area contributed by atoms with E-state index in [4.69, 9.17) is 10.5 Å². The molecule has 1 aliphatic rings. The Kier molecular flexibility index (Phi) is 5.36. The van der Waals surface area contributed by atoms with Crippen LogP contribution in [0.5, 0.6) is 5.75 Å². The van der Waals surface area contributed by atoms with E-state index in [1.165, 1.54) is 0 Å². The lowest BCUT2D eigenvalue weighted by molar-refractivity contribution is -0.121. The summed E-state index contributed by atoms with van der Waals surface area (Å²) in [5, 5.41) is 5.02. The van der Waals surface area contributed by atoms with Crippen LogP contribution < -0.4 is 15.8 Å². The van der Waals surface area contributed by atoms with Gasteiger partial charge in [-0.1, -0.05) is 18.2 Å². The smallest absolute Gasteiger partial charge is 0.227 e. The maximum atomic E-state index is 12.6. The quantitative estimate of drug-likeness (QED) is 0.663. The van der Waals surface area contributed by atoms with Gasteiger partial charge >= 0.3 is 0 Å². The fourth-order valence-corrected chi connectivity index (χ4v) is 3.84. The third kappa shape index (κ3) is 4.03. The van der Waals surface area contributed by atoms with Crippen LogP contribution in [-0.4, -0.2) is 43.0 Å². The van der Waals surface area contributed by atoms with Gasteiger partial charge in [-0.15, -0.1) is 0 Å². The second kappa shape index (κ2) is 8.09. The Morgan fingerprint density at radius 3 is 2.69 bits per heavy atom. The molecule has 1 saturated heterocycles. The first kappa shape index (κ1) is 19.2. The van der Waals surface area contributed by atoms with Crippen molar-refractivity contribution in [3.05, 3.63) is 48.7 Å². The second-order valence-electron chi connectivity index (χ2n) is 7.61. The SMILES string of the molecule is COc1ccc2ccc(-c3cc(NC(=O)C4CCN(C)CC4)ccn3)cc2c1N. The third-order valence-corrected chi connectivity index (χ3v) is 5.66. The molecule has 0 atom stereocenters. The zero-order valence-corrected chi connectivity index (χ0v) is 16.8. The summed E-state index contributed by atoms with van der Waals surface area (Å²) in [7, 11) is 3.70. The van der Waals surface area contributed by atoms with Crippen LogP contribution >= 0.6 is 0 Å². The fraction of sp³-hybridized carbons (Fsp3) is 0.304. The number of amides is 1. The minimum absolute atomic E-state index is 0.0655. The molecule has 0 radical (unpaired) electrons. The van der Waals surface area contributed by atoms with Gasteiger partial charge in [0.05, 0.1) is 18.5 Å². The summed E-state index contributed by atoms with van der Waals surface area (Å²) in [5.74, 6) is 0.806. The number of hydrogen-bond donors (Lipinski definition) is 2. The van der Waals surface area contributed by atoms with Gasteiger partial charge in [0, 0.05) is 28.8 Å². The Labute approximate surface area is 170 Å². The molecule has 0 unspecified atom stereocenters. The number of nitrogens with one attached hydrogen (secondary N) is 1. The highest BCUT2D eigenvalue weighted by atomic mass is 16.5. The van der Waals surface area contributed by atoms with Crippen LogP contribution in [0.3, 0.4) is 0 Å². The van der Waals surface area contributed by atoms with E-state index in [0.717, 1.165) is 53.6 Å². The molecule has 2 aromatic carbocycles. The highest BCUT2D eigenvalue weighted by Crippen LogP contribution is 2.33. The summed E-state index contributed by atoms with van der Waals surface area (Å²) in [6.45, 7) is 1.92. The Bertz CT molecular complexity index is 1040. The molecule has 0 aliphatic carbocycles. The summed E-state index contributed by atoms with van der Waals surface area (Å²) in [6, 6.07) is 13.6. The summed E-state index contributed by atoms with van der Waals surface area (Å²) < 4.78 is 5.33. The number of carbonyl (C=O) groups excluding carboxylic acids is 1. The van der Waals surface area contributed by atoms with E-state index in [-0.39, 0.29) is 11.8 Å². The van der Waals surface area contributed by atoms with Crippen molar-refractivity contribution in [3.8, 4) is 17.0 Å². The van der Waals surface area contributed by atoms with Crippen molar-refractivity contribution in [1.82, 2.24) is 9.88 Å². The second-order valence-corrected chi connectivity index (χ2v) is 7.61. The zero-order chi connectivity index (χ0) is 20.4. The number of likely N-dealkylation sites (tertiary alicyclic amines) is 1. The molecule has 0 saturated carbocycles. The number of nitrogens with two attached hydrogens (primary N) is 1. The molecule has 3 N–H and O–H groups in total. The molecule has 1 aliphatic heterocycles. The zero-order valence-electron chi connectivity index (χ0n) is 16.8. The van der Waals surface area contributed by atoms with E-state index in [9.17, 15) is 4.79 Å². The summed E-state index contributed by atoms with van der Waals surface area (Å²) >= 11 is 0. The van der Waals surface area contributed by atoms with Crippen LogP contribution in [-0.2, 0) is 4.79 Å². The Hall–Kier alpha value is -3.12. The number of methoxy groups -OCH3 is 1. The number of benzene rings is 2. The topological polar surface area (TPSA) is 80.5 Å². The molecular formula is C23H26N4O2. The molecule has 1 amide bonds. The van der Waals surface area contributed by atoms with Crippen molar-refractivity contribution in [3.63, 3.8) is 0 Å². The number of aromatic nitrogens is 1. The predicted molar refractivity (Wildman–Crippen MR) is 117 cm³/mol. The molecule has 6 nitrogen and oxygen atoms in total. The number of hydrogen-bond acceptors (Lipinski definition) is 5. The lowest BCUT2D eigenvalue weighted by Gasteiger charge is -2.28. The molecule has 0 spiro atoms. The van der Waals surface area contributed by atoms with Gasteiger partial charge in [0.15, 0.2) is 0 Å². The number of piperidine rings is 1. The number of pyridine rings is 1. The minimum atomic E-state index is 0.0655. The number of ether oxygens (including phenoxy) is 1. The minimum Gasteiger partial charge on any atom is -0.495 e. The van der Waals surface area contributed by atoms with Gasteiger partial charge in [0.1, 0.15) is 5.75 Å². The first-order valence-electron chi connectivity index (χ1n) is 9.87. The van der Waals surface area contributed by atoms with Crippen molar-refractivity contribution < 1.29 is 9.53 Å². The molecule has 2 heterocycles. The predicted octanol–water partition coefficient (Wildman–Crippen LogP) is 3.77. The van der Waals surface area contributed by atoms with Gasteiger partial charge in [-0.2, -0.15) is 0 Å². The first-order chi connectivity index (χ1) is 14.0. The summed E-state index contributed by atoms with van der Waals surface area (Å²) in [4.78, 5) is 19.4. The Balaban J connectivity index is 1.58. The summed E-state index contributed by atoms with van der Waals surface area (Å²) in [6.07, 6.45) is 3.51. The normalized spacial score (nSPS) is 15.4. The lowest BCUT2D eigenvalue weighted by atomic mass is 9.96. The van der Waals surface area contributed by atoms with E-state index in [2.05, 4.69) is 22.2 Å². The first-order valence-corrected chi connectivity index (χ1v) is 9.87. The number of fused-ring (bicyclic) bond motifs is 1. The van der Waals surface area contributed by atoms with Crippen LogP contribution in [0, 0.1) is 5.92 Å². The number of nitrogen functional groups attached to an aromatic ring is 1. The van der Waals surface area contributed by atoms with Crippen LogP contribution in [0.15, 0.2) is 48.7 Å². The largest absolute Gasteiger partial charge is 0.495 e. The molecule has 4 rings (SSSR count). The van der Waals surface area contributed by atoms with Gasteiger partial charge in [-0.25, -0.2) is 0 Å². The van der Waals surface area contributed by atoms with E-state index in [1.807, 2.05) is 42.5 Å². The van der Waals surface area contributed by atoms with Crippen molar-refractivity contribution >= 4 is 28.1 Å². The number of nitrogens with zero attached hydrogens (tertiary/aromatic N) is 2. The highest BCUT2D eigenvalue weighted by molar-refractivity contribution is 5.98. The third-order valence-electron chi connectivity index (χ3n) is 5.66. The van der Waals surface area contributed by atoms with Gasteiger partial charge in [0.2, 0.25) is 5.91 Å². The van der Waals surface area contributed by atoms with Crippen molar-refractivity contribution in [2.75, 3.05) is 38.3 Å². The van der Waals surface area contributed by atoms with E-state index >= 15 is 0 Å². The molecule has 1 fully saturated rings. The van der Waals surface area contributed by atoms with Crippen LogP contribution in [0.4, 0.5) is 11.4 Å². The van der Waals surface area contributed by atoms with Crippen LogP contribution in [0.1, 0.15) is 12.8 Å². The standard InChI is InChI=1S/C23H26N4O2/c1-27-11-8-16(9-12-27)23(28)26-18-7-10-25-20(14-18)17-4-3-15-5-6-21(29-2)22(24)19(15)13-17/h3-7,10,13-14,16H,8-9,11-12,24H2,1-2H3,(H,25,26,28). The average molecular weight is 390 g/mol. The lowest BCUT2D eigenvalue weighted by Crippen LogP contribution is -2.35. The van der Waals surface area contributed by atoms with Crippen molar-refractivity contribution in [1.29, 1.82) is 0 Å². The van der Waals surface area contributed by atoms with Gasteiger partial charge in [-0.3, -0.25) is 9.78 Å². The molecular weight excluding hydrogens is 364 g/mol. The maximum absolute atomic E-state index is 12.6. The number of anilines is 2. The molecule has 1 aromatic heterocycles. The van der Waals surface area contributed by atoms with Gasteiger partial charge < -0.3 is 20.7 Å². The van der Waals surface area contributed by atoms with Crippen molar-refractivity contribution in [2.45, 2.75) is 12.8 Å². The number of rotatable bonds is 4. The molecule has 150 valence electrons. The molecule has 29 heavy (non-hydrogen) atoms. The molecule has 6 heteroatoms. The molecule has 3 aromatic rings. The van der Waals surface area contributed by atoms with Crippen LogP contribution in [0.25, 0.3) is 22.0 Å². The average Bonchev–Trinajstić information content (AvgIpc) is 2.74. The fourth-order valence-electron chi connectivity index (χ4n) is 3.84.